The van der Waals surface area contributed by atoms with Crippen LogP contribution in [0.3, 0.4) is 0 Å². The number of carbonyl (C=O) groups excluding carboxylic acids is 2. The molecule has 7 heteroatoms. The number of ether oxygens (including phenoxy) is 4. The number of ketones is 1. The van der Waals surface area contributed by atoms with Crippen LogP contribution < -0.4 is 14.2 Å². The molecule has 0 radical (unpaired) electrons. The maximum absolute atomic E-state index is 12.3. The molecule has 0 bridgehead atoms. The Morgan fingerprint density at radius 1 is 0.880 bits per heavy atom. The lowest BCUT2D eigenvalue weighted by Crippen LogP contribution is -2.15. The molecule has 7 nitrogen and oxygen atoms in total. The standard InChI is InChI=1S/C18H18O7/c1-22-11-5-7-17(24-3)14(8-11)16(20)10-25-18(21)13-6-4-12(23-2)9-15(13)19/h4-9,19H,10H2,1-3H3. The molecule has 0 amide bonds. The van der Waals surface area contributed by atoms with Gasteiger partial charge in [-0.2, -0.15) is 0 Å². The van der Waals surface area contributed by atoms with Crippen molar-refractivity contribution in [1.29, 1.82) is 0 Å². The van der Waals surface area contributed by atoms with Gasteiger partial charge in [0.2, 0.25) is 5.78 Å². The summed E-state index contributed by atoms with van der Waals surface area (Å²) in [5.41, 5.74) is 0.166. The predicted molar refractivity (Wildman–Crippen MR) is 88.8 cm³/mol. The van der Waals surface area contributed by atoms with E-state index in [4.69, 9.17) is 18.9 Å². The maximum atomic E-state index is 12.3. The minimum absolute atomic E-state index is 0.0637. The first-order chi connectivity index (χ1) is 12.0. The molecule has 0 spiro atoms. The van der Waals surface area contributed by atoms with E-state index in [2.05, 4.69) is 0 Å². The lowest BCUT2D eigenvalue weighted by molar-refractivity contribution is 0.0471. The third-order valence-electron chi connectivity index (χ3n) is 3.47. The number of phenolic OH excluding ortho intramolecular Hbond substituents is 1. The van der Waals surface area contributed by atoms with Crippen LogP contribution in [-0.4, -0.2) is 44.8 Å². The summed E-state index contributed by atoms with van der Waals surface area (Å²) in [6, 6.07) is 8.87. The van der Waals surface area contributed by atoms with E-state index in [0.717, 1.165) is 0 Å². The van der Waals surface area contributed by atoms with Gasteiger partial charge in [-0.25, -0.2) is 4.79 Å². The quantitative estimate of drug-likeness (QED) is 0.608. The Balaban J connectivity index is 2.10. The average Bonchev–Trinajstić information content (AvgIpc) is 2.64. The second-order valence-electron chi connectivity index (χ2n) is 4.95. The minimum Gasteiger partial charge on any atom is -0.507 e. The molecule has 0 aliphatic rings. The largest absolute Gasteiger partial charge is 0.507 e. The van der Waals surface area contributed by atoms with Gasteiger partial charge in [-0.05, 0) is 30.3 Å². The van der Waals surface area contributed by atoms with Crippen LogP contribution in [0.1, 0.15) is 20.7 Å². The lowest BCUT2D eigenvalue weighted by atomic mass is 10.1. The molecular formula is C18H18O7. The number of Topliss-reactive ketones (excluding diaryl/α,β-unsaturated/α-hetero) is 1. The fraction of sp³-hybridized carbons (Fsp3) is 0.222. The van der Waals surface area contributed by atoms with Crippen molar-refractivity contribution < 1.29 is 33.6 Å². The highest BCUT2D eigenvalue weighted by Crippen LogP contribution is 2.26. The number of benzene rings is 2. The van der Waals surface area contributed by atoms with Gasteiger partial charge in [-0.1, -0.05) is 0 Å². The summed E-state index contributed by atoms with van der Waals surface area (Å²) >= 11 is 0. The van der Waals surface area contributed by atoms with Gasteiger partial charge in [0.05, 0.1) is 26.9 Å². The number of rotatable bonds is 7. The van der Waals surface area contributed by atoms with Crippen LogP contribution in [0.5, 0.6) is 23.0 Å². The van der Waals surface area contributed by atoms with Crippen molar-refractivity contribution in [2.75, 3.05) is 27.9 Å². The molecule has 2 aromatic carbocycles. The fourth-order valence-corrected chi connectivity index (χ4v) is 2.13. The SMILES string of the molecule is COc1ccc(C(=O)OCC(=O)c2cc(OC)ccc2OC)c(O)c1. The molecule has 2 aromatic rings. The Morgan fingerprint density at radius 3 is 2.12 bits per heavy atom. The number of methoxy groups -OCH3 is 3. The second kappa shape index (κ2) is 8.05. The number of hydrogen-bond acceptors (Lipinski definition) is 7. The van der Waals surface area contributed by atoms with Crippen molar-refractivity contribution in [3.8, 4) is 23.0 Å². The molecule has 0 fully saturated rings. The predicted octanol–water partition coefficient (Wildman–Crippen LogP) is 2.46. The fourth-order valence-electron chi connectivity index (χ4n) is 2.13. The molecule has 0 aliphatic carbocycles. The van der Waals surface area contributed by atoms with Crippen LogP contribution in [0, 0.1) is 0 Å². The van der Waals surface area contributed by atoms with Crippen LogP contribution in [0.2, 0.25) is 0 Å². The molecular weight excluding hydrogens is 328 g/mol. The molecule has 132 valence electrons. The van der Waals surface area contributed by atoms with E-state index in [1.54, 1.807) is 12.1 Å². The number of carbonyl (C=O) groups is 2. The summed E-state index contributed by atoms with van der Waals surface area (Å²) in [5, 5.41) is 9.82. The zero-order valence-corrected chi connectivity index (χ0v) is 14.1. The van der Waals surface area contributed by atoms with E-state index >= 15 is 0 Å². The number of phenols is 1. The second-order valence-corrected chi connectivity index (χ2v) is 4.95. The average molecular weight is 346 g/mol. The first kappa shape index (κ1) is 18.1. The van der Waals surface area contributed by atoms with Crippen molar-refractivity contribution >= 4 is 11.8 Å². The van der Waals surface area contributed by atoms with Gasteiger partial charge in [0.15, 0.2) is 6.61 Å². The summed E-state index contributed by atoms with van der Waals surface area (Å²) in [4.78, 5) is 24.4. The maximum Gasteiger partial charge on any atom is 0.342 e. The van der Waals surface area contributed by atoms with Crippen molar-refractivity contribution in [3.63, 3.8) is 0 Å². The number of hydrogen-bond donors (Lipinski definition) is 1. The monoisotopic (exact) mass is 346 g/mol. The Hall–Kier alpha value is -3.22. The summed E-state index contributed by atoms with van der Waals surface area (Å²) < 4.78 is 20.1. The van der Waals surface area contributed by atoms with Crippen molar-refractivity contribution in [2.45, 2.75) is 0 Å². The van der Waals surface area contributed by atoms with Gasteiger partial charge in [0.25, 0.3) is 0 Å². The van der Waals surface area contributed by atoms with Crippen molar-refractivity contribution in [2.24, 2.45) is 0 Å². The Kier molecular flexibility index (Phi) is 5.84. The summed E-state index contributed by atoms with van der Waals surface area (Å²) in [6.45, 7) is -0.506. The van der Waals surface area contributed by atoms with E-state index in [9.17, 15) is 14.7 Å². The number of aromatic hydroxyl groups is 1. The van der Waals surface area contributed by atoms with E-state index in [-0.39, 0.29) is 16.9 Å². The van der Waals surface area contributed by atoms with Gasteiger partial charge in [-0.3, -0.25) is 4.79 Å². The van der Waals surface area contributed by atoms with Crippen LogP contribution in [-0.2, 0) is 4.74 Å². The zero-order valence-electron chi connectivity index (χ0n) is 14.1. The summed E-state index contributed by atoms with van der Waals surface area (Å²) in [7, 11) is 4.34. The molecule has 0 unspecified atom stereocenters. The van der Waals surface area contributed by atoms with E-state index < -0.39 is 18.4 Å². The highest BCUT2D eigenvalue weighted by Gasteiger charge is 2.18. The van der Waals surface area contributed by atoms with Gasteiger partial charge in [0.1, 0.15) is 28.6 Å². The summed E-state index contributed by atoms with van der Waals surface area (Å²) in [5.74, 6) is -0.369. The van der Waals surface area contributed by atoms with Gasteiger partial charge in [0, 0.05) is 6.07 Å². The van der Waals surface area contributed by atoms with E-state index in [0.29, 0.717) is 17.2 Å². The molecule has 0 saturated heterocycles. The zero-order chi connectivity index (χ0) is 18.4. The molecule has 1 N–H and O–H groups in total. The molecule has 0 atom stereocenters. The van der Waals surface area contributed by atoms with Crippen LogP contribution >= 0.6 is 0 Å². The lowest BCUT2D eigenvalue weighted by Gasteiger charge is -2.10. The smallest absolute Gasteiger partial charge is 0.342 e. The molecule has 25 heavy (non-hydrogen) atoms. The van der Waals surface area contributed by atoms with Gasteiger partial charge >= 0.3 is 5.97 Å². The highest BCUT2D eigenvalue weighted by molar-refractivity contribution is 6.02. The molecule has 0 aliphatic heterocycles. The Bertz CT molecular complexity index is 783. The van der Waals surface area contributed by atoms with Crippen molar-refractivity contribution in [3.05, 3.63) is 47.5 Å². The molecule has 0 heterocycles. The highest BCUT2D eigenvalue weighted by atomic mass is 16.5. The van der Waals surface area contributed by atoms with E-state index in [1.807, 2.05) is 0 Å². The van der Waals surface area contributed by atoms with Crippen LogP contribution in [0.15, 0.2) is 36.4 Å². The van der Waals surface area contributed by atoms with Gasteiger partial charge < -0.3 is 24.1 Å². The van der Waals surface area contributed by atoms with Gasteiger partial charge in [-0.15, -0.1) is 0 Å². The Labute approximate surface area is 144 Å². The molecule has 0 saturated carbocycles. The van der Waals surface area contributed by atoms with Crippen molar-refractivity contribution in [1.82, 2.24) is 0 Å². The number of esters is 1. The Morgan fingerprint density at radius 2 is 1.52 bits per heavy atom. The van der Waals surface area contributed by atoms with Crippen LogP contribution in [0.4, 0.5) is 0 Å². The molecule has 0 aromatic heterocycles. The minimum atomic E-state index is -0.824. The first-order valence-corrected chi connectivity index (χ1v) is 7.29. The topological polar surface area (TPSA) is 91.3 Å². The summed E-state index contributed by atoms with van der Waals surface area (Å²) in [6.07, 6.45) is 0. The van der Waals surface area contributed by atoms with E-state index in [1.165, 1.54) is 45.6 Å². The van der Waals surface area contributed by atoms with Crippen LogP contribution in [0.25, 0.3) is 0 Å². The molecule has 2 rings (SSSR count). The first-order valence-electron chi connectivity index (χ1n) is 7.29. The third-order valence-corrected chi connectivity index (χ3v) is 3.47. The normalized spacial score (nSPS) is 10.0. The third kappa shape index (κ3) is 4.20.